The van der Waals surface area contributed by atoms with Crippen molar-refractivity contribution in [1.29, 1.82) is 0 Å². The molecule has 198 valence electrons. The zero-order valence-corrected chi connectivity index (χ0v) is 21.8. The molecule has 0 radical (unpaired) electrons. The third-order valence-electron chi connectivity index (χ3n) is 6.56. The average molecular weight is 552 g/mol. The van der Waals surface area contributed by atoms with Gasteiger partial charge in [0.2, 0.25) is 10.0 Å². The number of piperazine rings is 1. The van der Waals surface area contributed by atoms with Crippen molar-refractivity contribution >= 4 is 34.0 Å². The number of anilines is 2. The minimum Gasteiger partial charge on any atom is -0.383 e. The molecule has 1 heterocycles. The van der Waals surface area contributed by atoms with E-state index in [0.717, 1.165) is 12.6 Å². The Morgan fingerprint density at radius 1 is 0.973 bits per heavy atom. The summed E-state index contributed by atoms with van der Waals surface area (Å²) in [6.07, 6.45) is -4.82. The van der Waals surface area contributed by atoms with Gasteiger partial charge in [-0.15, -0.1) is 12.6 Å². The molecule has 1 saturated heterocycles. The van der Waals surface area contributed by atoms with Crippen LogP contribution in [0.3, 0.4) is 0 Å². The lowest BCUT2D eigenvalue weighted by molar-refractivity contribution is -0.258. The van der Waals surface area contributed by atoms with E-state index in [0.29, 0.717) is 23.7 Å². The van der Waals surface area contributed by atoms with Crippen LogP contribution in [-0.2, 0) is 15.6 Å². The molecule has 3 aromatic rings. The van der Waals surface area contributed by atoms with Crippen LogP contribution in [-0.4, -0.2) is 56.2 Å². The first kappa shape index (κ1) is 27.3. The highest BCUT2D eigenvalue weighted by molar-refractivity contribution is 7.90. The van der Waals surface area contributed by atoms with E-state index in [1.165, 1.54) is 34.6 Å². The minimum absolute atomic E-state index is 0.125. The van der Waals surface area contributed by atoms with E-state index >= 15 is 0 Å². The summed E-state index contributed by atoms with van der Waals surface area (Å²) in [6, 6.07) is 21.2. The molecule has 1 fully saturated rings. The molecule has 2 atom stereocenters. The van der Waals surface area contributed by atoms with Gasteiger partial charge in [-0.1, -0.05) is 42.5 Å². The number of rotatable bonds is 7. The molecular formula is C26H28F3N3O3S2. The Hall–Kier alpha value is -2.73. The first-order chi connectivity index (χ1) is 17.4. The predicted molar refractivity (Wildman–Crippen MR) is 141 cm³/mol. The molecule has 0 bridgehead atoms. The number of thiol groups is 1. The lowest BCUT2D eigenvalue weighted by atomic mass is 9.95. The molecular weight excluding hydrogens is 523 g/mol. The molecule has 6 nitrogen and oxygen atoms in total. The Balaban J connectivity index is 1.61. The van der Waals surface area contributed by atoms with Crippen molar-refractivity contribution in [1.82, 2.24) is 4.31 Å². The lowest BCUT2D eigenvalue weighted by Crippen LogP contribution is -2.57. The van der Waals surface area contributed by atoms with E-state index in [2.05, 4.69) is 17.9 Å². The molecule has 0 saturated carbocycles. The van der Waals surface area contributed by atoms with Gasteiger partial charge in [0.25, 0.3) is 0 Å². The van der Waals surface area contributed by atoms with Gasteiger partial charge in [-0.05, 0) is 48.9 Å². The van der Waals surface area contributed by atoms with Crippen LogP contribution in [0.1, 0.15) is 12.5 Å². The van der Waals surface area contributed by atoms with Gasteiger partial charge in [0, 0.05) is 42.4 Å². The Labute approximate surface area is 220 Å². The fourth-order valence-electron chi connectivity index (χ4n) is 4.31. The van der Waals surface area contributed by atoms with Crippen LogP contribution in [0.2, 0.25) is 0 Å². The van der Waals surface area contributed by atoms with Crippen molar-refractivity contribution in [3.05, 3.63) is 84.4 Å². The SMILES string of the molecule is CC(O)(c1ccc(N2CCN(S(=O)(=O)c3ccccc3S)C[C@@H]2CNc2ccccc2)cc1)C(F)(F)F. The summed E-state index contributed by atoms with van der Waals surface area (Å²) in [5, 5.41) is 13.3. The first-order valence-corrected chi connectivity index (χ1v) is 13.5. The molecule has 0 spiro atoms. The molecule has 0 aromatic heterocycles. The number of aliphatic hydroxyl groups is 1. The van der Waals surface area contributed by atoms with E-state index in [1.807, 2.05) is 35.2 Å². The summed E-state index contributed by atoms with van der Waals surface area (Å²) in [7, 11) is -3.81. The van der Waals surface area contributed by atoms with Gasteiger partial charge in [0.1, 0.15) is 0 Å². The maximum absolute atomic E-state index is 13.4. The number of sulfonamides is 1. The smallest absolute Gasteiger partial charge is 0.383 e. The molecule has 2 N–H and O–H groups in total. The van der Waals surface area contributed by atoms with Crippen molar-refractivity contribution < 1.29 is 26.7 Å². The fourth-order valence-corrected chi connectivity index (χ4v) is 6.36. The van der Waals surface area contributed by atoms with Crippen molar-refractivity contribution in [2.45, 2.75) is 34.5 Å². The van der Waals surface area contributed by atoms with Gasteiger partial charge in [0.15, 0.2) is 5.60 Å². The fraction of sp³-hybridized carbons (Fsp3) is 0.308. The van der Waals surface area contributed by atoms with Crippen molar-refractivity contribution in [2.24, 2.45) is 0 Å². The number of benzene rings is 3. The summed E-state index contributed by atoms with van der Waals surface area (Å²) >= 11 is 4.32. The molecule has 0 aliphatic carbocycles. The molecule has 4 rings (SSSR count). The third kappa shape index (κ3) is 5.74. The molecule has 11 heteroatoms. The summed E-state index contributed by atoms with van der Waals surface area (Å²) in [5.74, 6) is 0. The maximum Gasteiger partial charge on any atom is 0.421 e. The molecule has 0 amide bonds. The van der Waals surface area contributed by atoms with Crippen molar-refractivity contribution in [3.8, 4) is 0 Å². The van der Waals surface area contributed by atoms with E-state index in [-0.39, 0.29) is 29.6 Å². The van der Waals surface area contributed by atoms with Crippen LogP contribution in [0.15, 0.2) is 88.7 Å². The van der Waals surface area contributed by atoms with Crippen LogP contribution < -0.4 is 10.2 Å². The highest BCUT2D eigenvalue weighted by atomic mass is 32.2. The number of nitrogens with zero attached hydrogens (tertiary/aromatic N) is 2. The number of hydrogen-bond acceptors (Lipinski definition) is 6. The number of para-hydroxylation sites is 1. The van der Waals surface area contributed by atoms with Crippen LogP contribution in [0.25, 0.3) is 0 Å². The summed E-state index contributed by atoms with van der Waals surface area (Å²) in [4.78, 5) is 2.46. The van der Waals surface area contributed by atoms with Crippen molar-refractivity contribution in [2.75, 3.05) is 36.4 Å². The van der Waals surface area contributed by atoms with Gasteiger partial charge in [-0.3, -0.25) is 0 Å². The van der Waals surface area contributed by atoms with Gasteiger partial charge in [-0.2, -0.15) is 17.5 Å². The Bertz CT molecular complexity index is 1320. The topological polar surface area (TPSA) is 72.9 Å². The maximum atomic E-state index is 13.4. The van der Waals surface area contributed by atoms with Gasteiger partial charge in [-0.25, -0.2) is 8.42 Å². The van der Waals surface area contributed by atoms with Crippen molar-refractivity contribution in [3.63, 3.8) is 0 Å². The highest BCUT2D eigenvalue weighted by Crippen LogP contribution is 2.39. The van der Waals surface area contributed by atoms with E-state index in [4.69, 9.17) is 0 Å². The van der Waals surface area contributed by atoms with Crippen LogP contribution in [0.5, 0.6) is 0 Å². The van der Waals surface area contributed by atoms with Gasteiger partial charge < -0.3 is 15.3 Å². The number of hydrogen-bond donors (Lipinski definition) is 3. The zero-order chi connectivity index (χ0) is 26.8. The second kappa shape index (κ2) is 10.6. The highest BCUT2D eigenvalue weighted by Gasteiger charge is 2.51. The second-order valence-corrected chi connectivity index (χ2v) is 11.4. The summed E-state index contributed by atoms with van der Waals surface area (Å²) in [6.45, 7) is 1.78. The number of nitrogens with one attached hydrogen (secondary N) is 1. The average Bonchev–Trinajstić information content (AvgIpc) is 2.87. The summed E-state index contributed by atoms with van der Waals surface area (Å²) < 4.78 is 68.1. The van der Waals surface area contributed by atoms with Crippen LogP contribution in [0, 0.1) is 0 Å². The Kier molecular flexibility index (Phi) is 7.80. The van der Waals surface area contributed by atoms with E-state index in [1.54, 1.807) is 18.2 Å². The van der Waals surface area contributed by atoms with Crippen LogP contribution in [0.4, 0.5) is 24.5 Å². The summed E-state index contributed by atoms with van der Waals surface area (Å²) in [5.41, 5.74) is -1.76. The van der Waals surface area contributed by atoms with E-state index in [9.17, 15) is 26.7 Å². The standard InChI is InChI=1S/C26H28F3N3O3S2/c1-25(33,26(27,28)29)19-11-13-21(14-12-19)32-16-15-31(37(34,35)24-10-6-5-9-23(24)36)18-22(32)17-30-20-7-3-2-4-8-20/h2-14,22,30,33,36H,15-18H2,1H3/t22-,25?/m0/s1. The van der Waals surface area contributed by atoms with Gasteiger partial charge >= 0.3 is 6.18 Å². The van der Waals surface area contributed by atoms with Crippen LogP contribution >= 0.6 is 12.6 Å². The molecule has 1 unspecified atom stereocenters. The zero-order valence-electron chi connectivity index (χ0n) is 20.1. The largest absolute Gasteiger partial charge is 0.421 e. The quantitative estimate of drug-likeness (QED) is 0.370. The third-order valence-corrected chi connectivity index (χ3v) is 9.02. The lowest BCUT2D eigenvalue weighted by Gasteiger charge is -2.42. The Morgan fingerprint density at radius 2 is 1.59 bits per heavy atom. The number of halogens is 3. The molecule has 1 aliphatic rings. The first-order valence-electron chi connectivity index (χ1n) is 11.6. The molecule has 37 heavy (non-hydrogen) atoms. The second-order valence-electron chi connectivity index (χ2n) is 9.04. The normalized spacial score (nSPS) is 18.9. The van der Waals surface area contributed by atoms with E-state index < -0.39 is 21.8 Å². The van der Waals surface area contributed by atoms with Gasteiger partial charge in [0.05, 0.1) is 10.9 Å². The number of alkyl halides is 3. The monoisotopic (exact) mass is 551 g/mol. The molecule has 3 aromatic carbocycles. The predicted octanol–water partition coefficient (Wildman–Crippen LogP) is 4.74. The Morgan fingerprint density at radius 3 is 2.22 bits per heavy atom. The minimum atomic E-state index is -4.82. The molecule has 1 aliphatic heterocycles.